The Morgan fingerprint density at radius 3 is 2.42 bits per heavy atom. The number of carboxylic acids is 1. The molecule has 0 aliphatic carbocycles. The van der Waals surface area contributed by atoms with Crippen LogP contribution in [0.25, 0.3) is 0 Å². The predicted octanol–water partition coefficient (Wildman–Crippen LogP) is 0.459. The Labute approximate surface area is 67.4 Å². The van der Waals surface area contributed by atoms with E-state index < -0.39 is 23.8 Å². The molecular weight excluding hydrogens is 170 g/mol. The van der Waals surface area contributed by atoms with Crippen molar-refractivity contribution in [1.82, 2.24) is 5.32 Å². The molecule has 0 bridgehead atoms. The number of allylic oxidation sites excluding steroid dienone is 1. The summed E-state index contributed by atoms with van der Waals surface area (Å²) in [5, 5.41) is 17.1. The van der Waals surface area contributed by atoms with Gasteiger partial charge in [0, 0.05) is 7.05 Å². The molecule has 6 heteroatoms. The molecule has 0 aromatic rings. The van der Waals surface area contributed by atoms with Crippen molar-refractivity contribution in [1.29, 1.82) is 5.41 Å². The Bertz CT molecular complexity index is 226. The monoisotopic (exact) mass is 178 g/mol. The first-order valence-corrected chi connectivity index (χ1v) is 2.98. The molecule has 0 aliphatic rings. The van der Waals surface area contributed by atoms with Gasteiger partial charge in [0.05, 0.1) is 5.71 Å². The Morgan fingerprint density at radius 2 is 2.17 bits per heavy atom. The third-order valence-electron chi connectivity index (χ3n) is 1.03. The minimum absolute atomic E-state index is 0.430. The molecule has 0 aromatic heterocycles. The van der Waals surface area contributed by atoms with E-state index in [2.05, 4.69) is 5.32 Å². The van der Waals surface area contributed by atoms with E-state index in [1.165, 1.54) is 7.05 Å². The molecule has 0 rings (SSSR count). The fourth-order valence-corrected chi connectivity index (χ4v) is 0.459. The summed E-state index contributed by atoms with van der Waals surface area (Å²) < 4.78 is 23.4. The van der Waals surface area contributed by atoms with Gasteiger partial charge >= 0.3 is 5.97 Å². The quantitative estimate of drug-likeness (QED) is 0.432. The van der Waals surface area contributed by atoms with Crippen LogP contribution in [0.4, 0.5) is 8.78 Å². The van der Waals surface area contributed by atoms with Crippen LogP contribution in [0.1, 0.15) is 0 Å². The first kappa shape index (κ1) is 10.5. The molecule has 0 amide bonds. The molecule has 0 aromatic carbocycles. The number of aliphatic carboxylic acids is 1. The van der Waals surface area contributed by atoms with E-state index in [-0.39, 0.29) is 0 Å². The number of carbonyl (C=O) groups is 1. The lowest BCUT2D eigenvalue weighted by atomic mass is 10.3. The number of carboxylic acid groups (broad SMARTS) is 1. The number of halogens is 2. The van der Waals surface area contributed by atoms with E-state index in [1.54, 1.807) is 0 Å². The Kier molecular flexibility index (Phi) is 3.89. The van der Waals surface area contributed by atoms with Crippen LogP contribution in [-0.4, -0.2) is 30.3 Å². The highest BCUT2D eigenvalue weighted by Crippen LogP contribution is 1.98. The predicted molar refractivity (Wildman–Crippen MR) is 38.5 cm³/mol. The second-order valence-electron chi connectivity index (χ2n) is 1.87. The van der Waals surface area contributed by atoms with Crippen LogP contribution in [0.2, 0.25) is 0 Å². The van der Waals surface area contributed by atoms with Gasteiger partial charge in [0.1, 0.15) is 5.70 Å². The van der Waals surface area contributed by atoms with Crippen molar-refractivity contribution in [2.45, 2.75) is 6.43 Å². The summed E-state index contributed by atoms with van der Waals surface area (Å²) in [7, 11) is 1.28. The lowest BCUT2D eigenvalue weighted by Gasteiger charge is -2.00. The van der Waals surface area contributed by atoms with Gasteiger partial charge < -0.3 is 10.4 Å². The number of likely N-dealkylation sites (N-methyl/N-ethyl adjacent to an activating group) is 1. The second-order valence-corrected chi connectivity index (χ2v) is 1.87. The number of alkyl halides is 2. The van der Waals surface area contributed by atoms with Crippen molar-refractivity contribution in [2.24, 2.45) is 0 Å². The minimum Gasteiger partial charge on any atom is -0.477 e. The minimum atomic E-state index is -2.95. The molecule has 0 saturated carbocycles. The lowest BCUT2D eigenvalue weighted by Crippen LogP contribution is -2.18. The van der Waals surface area contributed by atoms with Gasteiger partial charge in [-0.3, -0.25) is 5.41 Å². The van der Waals surface area contributed by atoms with Crippen LogP contribution in [-0.2, 0) is 4.79 Å². The summed E-state index contributed by atoms with van der Waals surface area (Å²) in [4.78, 5) is 10.2. The van der Waals surface area contributed by atoms with Crippen molar-refractivity contribution in [2.75, 3.05) is 7.05 Å². The molecule has 0 fully saturated rings. The topological polar surface area (TPSA) is 73.2 Å². The average Bonchev–Trinajstić information content (AvgIpc) is 1.98. The molecule has 0 unspecified atom stereocenters. The largest absolute Gasteiger partial charge is 0.477 e. The maximum Gasteiger partial charge on any atom is 0.352 e. The summed E-state index contributed by atoms with van der Waals surface area (Å²) in [5.41, 5.74) is -1.46. The fourth-order valence-electron chi connectivity index (χ4n) is 0.459. The summed E-state index contributed by atoms with van der Waals surface area (Å²) in [6.45, 7) is 0. The van der Waals surface area contributed by atoms with Gasteiger partial charge in [0.15, 0.2) is 0 Å². The Balaban J connectivity index is 4.49. The molecule has 0 spiro atoms. The molecule has 0 aliphatic heterocycles. The highest BCUT2D eigenvalue weighted by Gasteiger charge is 2.11. The Hall–Kier alpha value is -1.46. The second kappa shape index (κ2) is 4.42. The van der Waals surface area contributed by atoms with Crippen LogP contribution in [0.15, 0.2) is 11.8 Å². The van der Waals surface area contributed by atoms with Crippen LogP contribution in [0.3, 0.4) is 0 Å². The van der Waals surface area contributed by atoms with Gasteiger partial charge in [-0.15, -0.1) is 0 Å². The standard InChI is InChI=1S/C6H8F2N2O2/c1-10-4(6(11)12)2-3(9)5(7)8/h2,5,9-10H,1H3,(H,11,12)/b4-2-,9-3?. The van der Waals surface area contributed by atoms with Crippen LogP contribution >= 0.6 is 0 Å². The smallest absolute Gasteiger partial charge is 0.352 e. The zero-order valence-electron chi connectivity index (χ0n) is 6.27. The highest BCUT2D eigenvalue weighted by atomic mass is 19.3. The number of hydrogen-bond acceptors (Lipinski definition) is 3. The number of rotatable bonds is 4. The number of nitrogens with one attached hydrogen (secondary N) is 2. The van der Waals surface area contributed by atoms with E-state index in [4.69, 9.17) is 10.5 Å². The lowest BCUT2D eigenvalue weighted by molar-refractivity contribution is -0.133. The molecule has 0 saturated heterocycles. The van der Waals surface area contributed by atoms with Crippen LogP contribution < -0.4 is 5.32 Å². The van der Waals surface area contributed by atoms with Crippen molar-refractivity contribution in [3.63, 3.8) is 0 Å². The summed E-state index contributed by atoms with van der Waals surface area (Å²) in [6.07, 6.45) is -2.37. The molecule has 0 radical (unpaired) electrons. The first-order chi connectivity index (χ1) is 5.49. The zero-order valence-corrected chi connectivity index (χ0v) is 6.27. The zero-order chi connectivity index (χ0) is 9.72. The highest BCUT2D eigenvalue weighted by molar-refractivity contribution is 6.01. The van der Waals surface area contributed by atoms with Gasteiger partial charge in [-0.25, -0.2) is 13.6 Å². The summed E-state index contributed by atoms with van der Waals surface area (Å²) in [5.74, 6) is -1.37. The molecule has 68 valence electrons. The van der Waals surface area contributed by atoms with E-state index in [0.717, 1.165) is 0 Å². The van der Waals surface area contributed by atoms with Gasteiger partial charge in [-0.1, -0.05) is 0 Å². The van der Waals surface area contributed by atoms with Gasteiger partial charge in [0.2, 0.25) is 0 Å². The molecule has 12 heavy (non-hydrogen) atoms. The summed E-state index contributed by atoms with van der Waals surface area (Å²) >= 11 is 0. The van der Waals surface area contributed by atoms with Crippen molar-refractivity contribution < 1.29 is 18.7 Å². The molecule has 3 N–H and O–H groups in total. The normalized spacial score (nSPS) is 11.5. The van der Waals surface area contributed by atoms with Crippen LogP contribution in [0.5, 0.6) is 0 Å². The van der Waals surface area contributed by atoms with Crippen molar-refractivity contribution >= 4 is 11.7 Å². The summed E-state index contributed by atoms with van der Waals surface area (Å²) in [6, 6.07) is 0. The van der Waals surface area contributed by atoms with E-state index in [1.807, 2.05) is 0 Å². The average molecular weight is 178 g/mol. The van der Waals surface area contributed by atoms with Crippen LogP contribution in [0, 0.1) is 5.41 Å². The molecule has 0 heterocycles. The maximum absolute atomic E-state index is 11.7. The fraction of sp³-hybridized carbons (Fsp3) is 0.333. The SMILES string of the molecule is CN/C(=C\C(=N)C(F)F)C(=O)O. The van der Waals surface area contributed by atoms with Crippen molar-refractivity contribution in [3.05, 3.63) is 11.8 Å². The van der Waals surface area contributed by atoms with Gasteiger partial charge in [0.25, 0.3) is 6.43 Å². The molecule has 0 atom stereocenters. The third-order valence-corrected chi connectivity index (χ3v) is 1.03. The van der Waals surface area contributed by atoms with E-state index >= 15 is 0 Å². The maximum atomic E-state index is 11.7. The van der Waals surface area contributed by atoms with E-state index in [0.29, 0.717) is 6.08 Å². The number of hydrogen-bond donors (Lipinski definition) is 3. The van der Waals surface area contributed by atoms with Gasteiger partial charge in [-0.05, 0) is 6.08 Å². The van der Waals surface area contributed by atoms with Crippen molar-refractivity contribution in [3.8, 4) is 0 Å². The van der Waals surface area contributed by atoms with E-state index in [9.17, 15) is 13.6 Å². The molecule has 4 nitrogen and oxygen atoms in total. The molecular formula is C6H8F2N2O2. The third kappa shape index (κ3) is 3.09. The first-order valence-electron chi connectivity index (χ1n) is 2.98. The Morgan fingerprint density at radius 1 is 1.67 bits per heavy atom. The van der Waals surface area contributed by atoms with Gasteiger partial charge in [-0.2, -0.15) is 0 Å².